The highest BCUT2D eigenvalue weighted by Crippen LogP contribution is 2.38. The Bertz CT molecular complexity index is 598. The molecule has 0 heterocycles. The van der Waals surface area contributed by atoms with E-state index >= 15 is 0 Å². The van der Waals surface area contributed by atoms with Crippen molar-refractivity contribution >= 4 is 17.6 Å². The normalized spacial score (nSPS) is 17.0. The lowest BCUT2D eigenvalue weighted by molar-refractivity contribution is -0.121. The Morgan fingerprint density at radius 3 is 2.48 bits per heavy atom. The van der Waals surface area contributed by atoms with Crippen molar-refractivity contribution in [2.75, 3.05) is 12.4 Å². The van der Waals surface area contributed by atoms with Crippen LogP contribution < -0.4 is 11.1 Å². The molecule has 0 spiro atoms. The van der Waals surface area contributed by atoms with E-state index in [1.54, 1.807) is 6.92 Å². The van der Waals surface area contributed by atoms with Gasteiger partial charge in [-0.25, -0.2) is 13.6 Å². The summed E-state index contributed by atoms with van der Waals surface area (Å²) in [5.74, 6) is -3.54. The van der Waals surface area contributed by atoms with Crippen LogP contribution in [0.5, 0.6) is 0 Å². The zero-order valence-corrected chi connectivity index (χ0v) is 11.7. The molecule has 2 rings (SSSR count). The Hall–Kier alpha value is -2.02. The first-order valence-corrected chi connectivity index (χ1v) is 6.45. The van der Waals surface area contributed by atoms with Crippen LogP contribution in [-0.2, 0) is 9.53 Å². The number of ether oxygens (including phenoxy) is 1. The molecule has 1 aliphatic rings. The molecule has 114 valence electrons. The average Bonchev–Trinajstić information content (AvgIpc) is 3.25. The minimum atomic E-state index is -1.13. The van der Waals surface area contributed by atoms with Gasteiger partial charge in [0.05, 0.1) is 23.9 Å². The number of rotatable bonds is 4. The fraction of sp³-hybridized carbons (Fsp3) is 0.429. The maximum Gasteiger partial charge on any atom is 0.340 e. The van der Waals surface area contributed by atoms with E-state index in [0.29, 0.717) is 6.07 Å². The third-order valence-electron chi connectivity index (χ3n) is 3.62. The summed E-state index contributed by atoms with van der Waals surface area (Å²) in [6.45, 7) is 1.56. The van der Waals surface area contributed by atoms with Gasteiger partial charge in [-0.1, -0.05) is 0 Å². The number of esters is 1. The summed E-state index contributed by atoms with van der Waals surface area (Å²) in [4.78, 5) is 23.5. The summed E-state index contributed by atoms with van der Waals surface area (Å²) in [6, 6.07) is 1.42. The van der Waals surface area contributed by atoms with Gasteiger partial charge < -0.3 is 15.8 Å². The standard InChI is InChI=1S/C14H16F2N2O3/c1-14(17,7-3-4-7)13(20)18-11-5-8(12(19)21-2)9(15)6-10(11)16/h5-7H,3-4,17H2,1-2H3,(H,18,20). The van der Waals surface area contributed by atoms with E-state index in [4.69, 9.17) is 5.73 Å². The fourth-order valence-electron chi connectivity index (χ4n) is 2.04. The number of nitrogens with two attached hydrogens (primary N) is 1. The number of amides is 1. The van der Waals surface area contributed by atoms with Crippen LogP contribution in [0.15, 0.2) is 12.1 Å². The van der Waals surface area contributed by atoms with Crippen LogP contribution in [-0.4, -0.2) is 24.5 Å². The largest absolute Gasteiger partial charge is 0.465 e. The summed E-state index contributed by atoms with van der Waals surface area (Å²) in [7, 11) is 1.08. The van der Waals surface area contributed by atoms with Crippen molar-refractivity contribution in [1.82, 2.24) is 0 Å². The van der Waals surface area contributed by atoms with Crippen LogP contribution >= 0.6 is 0 Å². The molecule has 1 aliphatic carbocycles. The van der Waals surface area contributed by atoms with E-state index in [2.05, 4.69) is 10.1 Å². The third kappa shape index (κ3) is 3.02. The second-order valence-electron chi connectivity index (χ2n) is 5.31. The number of halogens is 2. The Morgan fingerprint density at radius 2 is 1.95 bits per heavy atom. The van der Waals surface area contributed by atoms with Crippen molar-refractivity contribution < 1.29 is 23.1 Å². The van der Waals surface area contributed by atoms with Crippen molar-refractivity contribution in [2.24, 2.45) is 11.7 Å². The molecule has 1 aromatic rings. The van der Waals surface area contributed by atoms with Gasteiger partial charge in [-0.2, -0.15) is 0 Å². The van der Waals surface area contributed by atoms with E-state index in [1.807, 2.05) is 0 Å². The molecule has 1 saturated carbocycles. The number of carbonyl (C=O) groups excluding carboxylic acids is 2. The number of methoxy groups -OCH3 is 1. The molecule has 0 radical (unpaired) electrons. The summed E-state index contributed by atoms with van der Waals surface area (Å²) < 4.78 is 31.6. The molecule has 1 fully saturated rings. The Balaban J connectivity index is 2.27. The number of hydrogen-bond donors (Lipinski definition) is 2. The van der Waals surface area contributed by atoms with Crippen LogP contribution in [0, 0.1) is 17.6 Å². The lowest BCUT2D eigenvalue weighted by Gasteiger charge is -2.23. The second-order valence-corrected chi connectivity index (χ2v) is 5.31. The van der Waals surface area contributed by atoms with E-state index in [9.17, 15) is 18.4 Å². The number of hydrogen-bond acceptors (Lipinski definition) is 4. The molecular weight excluding hydrogens is 282 g/mol. The van der Waals surface area contributed by atoms with Gasteiger partial charge in [0.1, 0.15) is 11.6 Å². The molecule has 1 amide bonds. The van der Waals surface area contributed by atoms with Crippen molar-refractivity contribution in [3.8, 4) is 0 Å². The molecule has 0 saturated heterocycles. The summed E-state index contributed by atoms with van der Waals surface area (Å²) in [5, 5.41) is 2.31. The van der Waals surface area contributed by atoms with Gasteiger partial charge in [-0.3, -0.25) is 4.79 Å². The van der Waals surface area contributed by atoms with Crippen LogP contribution in [0.4, 0.5) is 14.5 Å². The van der Waals surface area contributed by atoms with Gasteiger partial charge in [0.2, 0.25) is 5.91 Å². The van der Waals surface area contributed by atoms with Gasteiger partial charge in [0, 0.05) is 6.07 Å². The highest BCUT2D eigenvalue weighted by atomic mass is 19.1. The predicted molar refractivity (Wildman–Crippen MR) is 71.6 cm³/mol. The molecule has 0 aliphatic heterocycles. The van der Waals surface area contributed by atoms with Gasteiger partial charge in [-0.15, -0.1) is 0 Å². The smallest absolute Gasteiger partial charge is 0.340 e. The highest BCUT2D eigenvalue weighted by Gasteiger charge is 2.44. The Morgan fingerprint density at radius 1 is 1.33 bits per heavy atom. The second kappa shape index (κ2) is 5.40. The summed E-state index contributed by atoms with van der Waals surface area (Å²) >= 11 is 0. The van der Waals surface area contributed by atoms with Crippen LogP contribution in [0.3, 0.4) is 0 Å². The Labute approximate surface area is 120 Å². The van der Waals surface area contributed by atoms with E-state index in [1.165, 1.54) is 0 Å². The first-order valence-electron chi connectivity index (χ1n) is 6.45. The molecule has 1 unspecified atom stereocenters. The number of benzene rings is 1. The quantitative estimate of drug-likeness (QED) is 0.831. The Kier molecular flexibility index (Phi) is 3.95. The molecule has 21 heavy (non-hydrogen) atoms. The zero-order chi connectivity index (χ0) is 15.8. The molecule has 0 bridgehead atoms. The maximum absolute atomic E-state index is 13.7. The van der Waals surface area contributed by atoms with Crippen molar-refractivity contribution in [3.05, 3.63) is 29.3 Å². The number of carbonyl (C=O) groups is 2. The minimum Gasteiger partial charge on any atom is -0.465 e. The summed E-state index contributed by atoms with van der Waals surface area (Å²) in [6.07, 6.45) is 1.67. The molecule has 5 nitrogen and oxygen atoms in total. The molecule has 7 heteroatoms. The monoisotopic (exact) mass is 298 g/mol. The lowest BCUT2D eigenvalue weighted by atomic mass is 9.96. The number of anilines is 1. The van der Waals surface area contributed by atoms with Crippen LogP contribution in [0.2, 0.25) is 0 Å². The first kappa shape index (κ1) is 15.4. The van der Waals surface area contributed by atoms with Gasteiger partial charge >= 0.3 is 5.97 Å². The van der Waals surface area contributed by atoms with Crippen LogP contribution in [0.1, 0.15) is 30.1 Å². The first-order chi connectivity index (χ1) is 9.77. The minimum absolute atomic E-state index is 0.0427. The van der Waals surface area contributed by atoms with E-state index in [-0.39, 0.29) is 11.6 Å². The van der Waals surface area contributed by atoms with Crippen molar-refractivity contribution in [3.63, 3.8) is 0 Å². The topological polar surface area (TPSA) is 81.4 Å². The molecule has 1 atom stereocenters. The zero-order valence-electron chi connectivity index (χ0n) is 11.7. The predicted octanol–water partition coefficient (Wildman–Crippen LogP) is 1.82. The fourth-order valence-corrected chi connectivity index (χ4v) is 2.04. The van der Waals surface area contributed by atoms with Gasteiger partial charge in [0.25, 0.3) is 0 Å². The molecule has 0 aromatic heterocycles. The lowest BCUT2D eigenvalue weighted by Crippen LogP contribution is -2.50. The van der Waals surface area contributed by atoms with Crippen molar-refractivity contribution in [2.45, 2.75) is 25.3 Å². The maximum atomic E-state index is 13.7. The molecule has 3 N–H and O–H groups in total. The summed E-state index contributed by atoms with van der Waals surface area (Å²) in [5.41, 5.74) is 4.02. The van der Waals surface area contributed by atoms with Gasteiger partial charge in [0.15, 0.2) is 0 Å². The van der Waals surface area contributed by atoms with Gasteiger partial charge in [-0.05, 0) is 31.7 Å². The number of nitrogens with one attached hydrogen (secondary N) is 1. The highest BCUT2D eigenvalue weighted by molar-refractivity contribution is 5.99. The van der Waals surface area contributed by atoms with Crippen LogP contribution in [0.25, 0.3) is 0 Å². The third-order valence-corrected chi connectivity index (χ3v) is 3.62. The molecule has 1 aromatic carbocycles. The van der Waals surface area contributed by atoms with E-state index in [0.717, 1.165) is 26.0 Å². The average molecular weight is 298 g/mol. The molecular formula is C14H16F2N2O3. The van der Waals surface area contributed by atoms with Crippen molar-refractivity contribution in [1.29, 1.82) is 0 Å². The SMILES string of the molecule is COC(=O)c1cc(NC(=O)C(C)(N)C2CC2)c(F)cc1F. The van der Waals surface area contributed by atoms with E-state index < -0.39 is 34.6 Å².